The summed E-state index contributed by atoms with van der Waals surface area (Å²) in [7, 11) is 2.63. The Morgan fingerprint density at radius 2 is 1.97 bits per heavy atom. The number of methoxy groups -OCH3 is 2. The maximum atomic E-state index is 12.8. The smallest absolute Gasteiger partial charge is 0.417 e. The third kappa shape index (κ3) is 4.27. The van der Waals surface area contributed by atoms with Crippen molar-refractivity contribution in [3.63, 3.8) is 0 Å². The fourth-order valence-electron chi connectivity index (χ4n) is 2.79. The monoisotopic (exact) mass is 455 g/mol. The van der Waals surface area contributed by atoms with E-state index in [9.17, 15) is 22.8 Å². The standard InChI is InChI=1S/C18H16F3N5O4S/c1-8(27)13-12(10-5-4-9(6-23-10)18(19,20)21)25-17(31-13)26-7-24-15(29-2)11(14(22)28)16(26)30-3/h4-7,16H,1-3H3,(H2,22,28). The van der Waals surface area contributed by atoms with Crippen LogP contribution in [0.2, 0.25) is 0 Å². The number of Topliss-reactive ketones (excluding diaryl/α,β-unsaturated/α-hetero) is 1. The maximum absolute atomic E-state index is 12.8. The van der Waals surface area contributed by atoms with Crippen LogP contribution in [-0.2, 0) is 20.4 Å². The lowest BCUT2D eigenvalue weighted by Crippen LogP contribution is -2.44. The second-order valence-electron chi connectivity index (χ2n) is 6.19. The maximum Gasteiger partial charge on any atom is 0.417 e. The van der Waals surface area contributed by atoms with Crippen molar-refractivity contribution in [1.29, 1.82) is 0 Å². The number of hydrogen-bond donors (Lipinski definition) is 1. The van der Waals surface area contributed by atoms with Crippen LogP contribution in [0, 0.1) is 0 Å². The highest BCUT2D eigenvalue weighted by atomic mass is 32.1. The van der Waals surface area contributed by atoms with Crippen LogP contribution in [0.1, 0.15) is 22.2 Å². The molecule has 0 radical (unpaired) electrons. The Labute approximate surface area is 178 Å². The normalized spacial score (nSPS) is 16.6. The van der Waals surface area contributed by atoms with Crippen LogP contribution in [0.15, 0.2) is 34.8 Å². The number of ketones is 1. The molecule has 0 fully saturated rings. The minimum atomic E-state index is -4.55. The second-order valence-corrected chi connectivity index (χ2v) is 7.16. The third-order valence-electron chi connectivity index (χ3n) is 4.20. The Morgan fingerprint density at radius 1 is 1.26 bits per heavy atom. The summed E-state index contributed by atoms with van der Waals surface area (Å²) in [5, 5.41) is 0.186. The number of rotatable bonds is 6. The van der Waals surface area contributed by atoms with Crippen LogP contribution in [-0.4, -0.2) is 48.4 Å². The van der Waals surface area contributed by atoms with E-state index in [2.05, 4.69) is 15.0 Å². The van der Waals surface area contributed by atoms with E-state index in [1.54, 1.807) is 0 Å². The summed E-state index contributed by atoms with van der Waals surface area (Å²) in [4.78, 5) is 37.8. The predicted molar refractivity (Wildman–Crippen MR) is 105 cm³/mol. The number of hydrogen-bond acceptors (Lipinski definition) is 9. The summed E-state index contributed by atoms with van der Waals surface area (Å²) in [6.07, 6.45) is -3.65. The minimum Gasteiger partial charge on any atom is -0.480 e. The molecule has 1 aliphatic rings. The molecule has 2 aromatic rings. The van der Waals surface area contributed by atoms with E-state index < -0.39 is 23.9 Å². The fraction of sp³-hybridized carbons (Fsp3) is 0.278. The molecule has 164 valence electrons. The number of alkyl halides is 3. The molecule has 31 heavy (non-hydrogen) atoms. The van der Waals surface area contributed by atoms with Gasteiger partial charge in [-0.3, -0.25) is 19.5 Å². The lowest BCUT2D eigenvalue weighted by atomic mass is 10.2. The number of nitrogens with two attached hydrogens (primary N) is 1. The Morgan fingerprint density at radius 3 is 2.45 bits per heavy atom. The highest BCUT2D eigenvalue weighted by Crippen LogP contribution is 2.36. The van der Waals surface area contributed by atoms with Gasteiger partial charge in [0, 0.05) is 20.2 Å². The van der Waals surface area contributed by atoms with Gasteiger partial charge in [-0.25, -0.2) is 9.98 Å². The topological polar surface area (TPSA) is 120 Å². The van der Waals surface area contributed by atoms with Gasteiger partial charge in [0.05, 0.1) is 18.4 Å². The van der Waals surface area contributed by atoms with E-state index in [4.69, 9.17) is 15.2 Å². The van der Waals surface area contributed by atoms with E-state index in [-0.39, 0.29) is 38.6 Å². The molecule has 1 unspecified atom stereocenters. The van der Waals surface area contributed by atoms with Crippen LogP contribution < -0.4 is 10.6 Å². The van der Waals surface area contributed by atoms with Crippen molar-refractivity contribution in [2.45, 2.75) is 19.3 Å². The molecule has 0 saturated carbocycles. The lowest BCUT2D eigenvalue weighted by Gasteiger charge is -2.30. The number of thiazole rings is 1. The molecule has 1 amide bonds. The summed E-state index contributed by atoms with van der Waals surface area (Å²) >= 11 is 0.937. The number of carbonyl (C=O) groups is 2. The van der Waals surface area contributed by atoms with Gasteiger partial charge in [0.15, 0.2) is 17.1 Å². The SMILES string of the molecule is COC1=C(C(N)=O)C(OC)N(c2nc(-c3ccc(C(F)(F)F)cn3)c(C(C)=O)s2)C=N1. The first-order valence-corrected chi connectivity index (χ1v) is 9.38. The number of halogens is 3. The molecule has 9 nitrogen and oxygen atoms in total. The van der Waals surface area contributed by atoms with Gasteiger partial charge in [-0.05, 0) is 12.1 Å². The van der Waals surface area contributed by atoms with Crippen LogP contribution in [0.4, 0.5) is 18.3 Å². The zero-order valence-electron chi connectivity index (χ0n) is 16.4. The molecule has 2 aromatic heterocycles. The zero-order chi connectivity index (χ0) is 22.9. The minimum absolute atomic E-state index is 0.0384. The summed E-state index contributed by atoms with van der Waals surface area (Å²) in [5.41, 5.74) is 4.60. The van der Waals surface area contributed by atoms with Gasteiger partial charge in [0.2, 0.25) is 5.88 Å². The third-order valence-corrected chi connectivity index (χ3v) is 5.37. The van der Waals surface area contributed by atoms with Crippen molar-refractivity contribution in [3.8, 4) is 11.4 Å². The average molecular weight is 455 g/mol. The molecule has 2 N–H and O–H groups in total. The Kier molecular flexibility index (Phi) is 6.08. The van der Waals surface area contributed by atoms with Crippen LogP contribution >= 0.6 is 11.3 Å². The van der Waals surface area contributed by atoms with Gasteiger partial charge in [-0.2, -0.15) is 13.2 Å². The van der Waals surface area contributed by atoms with E-state index >= 15 is 0 Å². The first kappa shape index (κ1) is 22.4. The first-order valence-electron chi connectivity index (χ1n) is 8.57. The Hall–Kier alpha value is -3.32. The summed E-state index contributed by atoms with van der Waals surface area (Å²) in [6.45, 7) is 1.29. The molecule has 3 rings (SSSR count). The number of amides is 1. The molecule has 0 saturated heterocycles. The molecular formula is C18H16F3N5O4S. The highest BCUT2D eigenvalue weighted by molar-refractivity contribution is 7.18. The molecule has 0 aromatic carbocycles. The quantitative estimate of drug-likeness (QED) is 0.665. The molecule has 1 atom stereocenters. The first-order chi connectivity index (χ1) is 14.6. The number of primary amides is 1. The van der Waals surface area contributed by atoms with E-state index in [1.807, 2.05) is 0 Å². The number of anilines is 1. The predicted octanol–water partition coefficient (Wildman–Crippen LogP) is 2.59. The summed E-state index contributed by atoms with van der Waals surface area (Å²) in [6, 6.07) is 1.98. The van der Waals surface area contributed by atoms with Gasteiger partial charge in [-0.15, -0.1) is 0 Å². The number of aromatic nitrogens is 2. The molecular weight excluding hydrogens is 439 g/mol. The molecule has 0 aliphatic carbocycles. The number of nitrogens with zero attached hydrogens (tertiary/aromatic N) is 4. The van der Waals surface area contributed by atoms with Crippen molar-refractivity contribution in [2.24, 2.45) is 10.7 Å². The Balaban J connectivity index is 2.07. The van der Waals surface area contributed by atoms with Gasteiger partial charge < -0.3 is 15.2 Å². The number of carbonyl (C=O) groups excluding carboxylic acids is 2. The van der Waals surface area contributed by atoms with Crippen LogP contribution in [0.3, 0.4) is 0 Å². The van der Waals surface area contributed by atoms with E-state index in [0.29, 0.717) is 6.20 Å². The van der Waals surface area contributed by atoms with Gasteiger partial charge >= 0.3 is 6.18 Å². The summed E-state index contributed by atoms with van der Waals surface area (Å²) < 4.78 is 48.9. The molecule has 0 spiro atoms. The largest absolute Gasteiger partial charge is 0.480 e. The number of ether oxygens (including phenoxy) is 2. The fourth-order valence-corrected chi connectivity index (χ4v) is 3.75. The lowest BCUT2D eigenvalue weighted by molar-refractivity contribution is -0.137. The second kappa shape index (κ2) is 8.43. The number of pyridine rings is 1. The summed E-state index contributed by atoms with van der Waals surface area (Å²) in [5.74, 6) is -1.24. The van der Waals surface area contributed by atoms with Crippen molar-refractivity contribution in [2.75, 3.05) is 19.1 Å². The van der Waals surface area contributed by atoms with Crippen LogP contribution in [0.5, 0.6) is 0 Å². The zero-order valence-corrected chi connectivity index (χ0v) is 17.2. The van der Waals surface area contributed by atoms with E-state index in [0.717, 1.165) is 23.5 Å². The molecule has 3 heterocycles. The van der Waals surface area contributed by atoms with Crippen molar-refractivity contribution in [3.05, 3.63) is 40.2 Å². The number of aliphatic imine (C=N–C) groups is 1. The molecule has 1 aliphatic heterocycles. The van der Waals surface area contributed by atoms with E-state index in [1.165, 1.54) is 32.4 Å². The molecule has 13 heteroatoms. The van der Waals surface area contributed by atoms with Gasteiger partial charge in [0.1, 0.15) is 22.5 Å². The van der Waals surface area contributed by atoms with Crippen molar-refractivity contribution in [1.82, 2.24) is 9.97 Å². The Bertz CT molecular complexity index is 1080. The van der Waals surface area contributed by atoms with Crippen molar-refractivity contribution < 1.29 is 32.2 Å². The average Bonchev–Trinajstić information content (AvgIpc) is 3.17. The van der Waals surface area contributed by atoms with Crippen LogP contribution in [0.25, 0.3) is 11.4 Å². The molecule has 0 bridgehead atoms. The highest BCUT2D eigenvalue weighted by Gasteiger charge is 2.35. The van der Waals surface area contributed by atoms with Crippen molar-refractivity contribution >= 4 is 34.5 Å². The van der Waals surface area contributed by atoms with Gasteiger partial charge in [0.25, 0.3) is 5.91 Å². The van der Waals surface area contributed by atoms with Gasteiger partial charge in [-0.1, -0.05) is 11.3 Å².